The van der Waals surface area contributed by atoms with Crippen molar-refractivity contribution < 1.29 is 0 Å². The highest BCUT2D eigenvalue weighted by Crippen LogP contribution is 2.40. The van der Waals surface area contributed by atoms with Crippen LogP contribution in [-0.4, -0.2) is 32.3 Å². The lowest BCUT2D eigenvalue weighted by Gasteiger charge is -2.45. The van der Waals surface area contributed by atoms with E-state index in [4.69, 9.17) is 23.1 Å². The molecule has 1 aromatic carbocycles. The van der Waals surface area contributed by atoms with Crippen LogP contribution in [0.25, 0.3) is 5.69 Å². The summed E-state index contributed by atoms with van der Waals surface area (Å²) in [4.78, 5) is 14.7. The number of rotatable bonds is 2. The van der Waals surface area contributed by atoms with Gasteiger partial charge in [0.15, 0.2) is 0 Å². The van der Waals surface area contributed by atoms with Gasteiger partial charge in [0.1, 0.15) is 18.3 Å². The molecule has 0 amide bonds. The van der Waals surface area contributed by atoms with Gasteiger partial charge < -0.3 is 11.5 Å². The fourth-order valence-electron chi connectivity index (χ4n) is 3.65. The summed E-state index contributed by atoms with van der Waals surface area (Å²) >= 11 is 6.49. The molecule has 1 aromatic heterocycles. The first-order chi connectivity index (χ1) is 12.1. The Hall–Kier alpha value is -2.61. The van der Waals surface area contributed by atoms with Crippen LogP contribution in [0.5, 0.6) is 0 Å². The maximum Gasteiger partial charge on any atom is 0.220 e. The van der Waals surface area contributed by atoms with E-state index in [-0.39, 0.29) is 5.96 Å². The molecule has 1 aliphatic heterocycles. The van der Waals surface area contributed by atoms with Gasteiger partial charge in [-0.25, -0.2) is 14.7 Å². The first kappa shape index (κ1) is 15.9. The molecular weight excluding hydrogens is 340 g/mol. The van der Waals surface area contributed by atoms with Gasteiger partial charge in [-0.15, -0.1) is 0 Å². The molecule has 0 unspecified atom stereocenters. The van der Waals surface area contributed by atoms with Crippen molar-refractivity contribution in [3.8, 4) is 5.69 Å². The first-order valence-electron chi connectivity index (χ1n) is 8.23. The Labute approximate surface area is 150 Å². The number of aromatic nitrogens is 3. The SMILES string of the molecule is NC1=NC2(CCCCC2)N(c2ccc(-n3cncn3)c(Cl)c2)C(N)=N1. The molecule has 4 N–H and O–H groups in total. The number of guanidine groups is 2. The minimum absolute atomic E-state index is 0.237. The van der Waals surface area contributed by atoms with Gasteiger partial charge in [-0.05, 0) is 43.9 Å². The number of halogens is 1. The molecule has 0 saturated heterocycles. The molecule has 8 nitrogen and oxygen atoms in total. The van der Waals surface area contributed by atoms with Gasteiger partial charge in [0.2, 0.25) is 11.9 Å². The Kier molecular flexibility index (Phi) is 3.84. The predicted molar refractivity (Wildman–Crippen MR) is 97.9 cm³/mol. The van der Waals surface area contributed by atoms with E-state index >= 15 is 0 Å². The van der Waals surface area contributed by atoms with Crippen molar-refractivity contribution in [2.45, 2.75) is 37.8 Å². The number of benzene rings is 1. The molecule has 2 heterocycles. The molecule has 25 heavy (non-hydrogen) atoms. The van der Waals surface area contributed by atoms with Gasteiger partial charge in [0.25, 0.3) is 0 Å². The van der Waals surface area contributed by atoms with Crippen molar-refractivity contribution in [1.29, 1.82) is 0 Å². The van der Waals surface area contributed by atoms with E-state index in [0.717, 1.165) is 37.1 Å². The molecule has 2 aromatic rings. The minimum atomic E-state index is -0.480. The van der Waals surface area contributed by atoms with Crippen LogP contribution in [0.1, 0.15) is 32.1 Å². The van der Waals surface area contributed by atoms with Crippen molar-refractivity contribution in [3.63, 3.8) is 0 Å². The predicted octanol–water partition coefficient (Wildman–Crippen LogP) is 2.03. The van der Waals surface area contributed by atoms with Crippen molar-refractivity contribution in [2.24, 2.45) is 21.5 Å². The summed E-state index contributed by atoms with van der Waals surface area (Å²) in [5.41, 5.74) is 13.2. The zero-order valence-electron chi connectivity index (χ0n) is 13.6. The van der Waals surface area contributed by atoms with E-state index in [1.807, 2.05) is 23.1 Å². The number of anilines is 1. The standard InChI is InChI=1S/C16H19ClN8/c17-12-8-11(4-5-13(12)24-10-20-9-21-24)25-15(19)22-14(18)23-16(25)6-2-1-3-7-16/h4-5,8-10H,1-3,6-7H2,(H4,18,19,22,23). The second kappa shape index (κ2) is 6.03. The normalized spacial score (nSPS) is 19.6. The van der Waals surface area contributed by atoms with Gasteiger partial charge in [-0.1, -0.05) is 18.0 Å². The molecule has 0 bridgehead atoms. The highest BCUT2D eigenvalue weighted by atomic mass is 35.5. The Morgan fingerprint density at radius 2 is 1.92 bits per heavy atom. The molecular formula is C16H19ClN8. The Morgan fingerprint density at radius 3 is 2.60 bits per heavy atom. The maximum atomic E-state index is 6.49. The topological polar surface area (TPSA) is 111 Å². The summed E-state index contributed by atoms with van der Waals surface area (Å²) in [5.74, 6) is 0.583. The van der Waals surface area contributed by atoms with Crippen molar-refractivity contribution in [3.05, 3.63) is 35.9 Å². The number of nitrogens with zero attached hydrogens (tertiary/aromatic N) is 6. The van der Waals surface area contributed by atoms with Gasteiger partial charge in [0.05, 0.1) is 10.7 Å². The van der Waals surface area contributed by atoms with Gasteiger partial charge in [-0.2, -0.15) is 10.1 Å². The third kappa shape index (κ3) is 2.72. The smallest absolute Gasteiger partial charge is 0.220 e. The second-order valence-corrected chi connectivity index (χ2v) is 6.70. The van der Waals surface area contributed by atoms with Crippen molar-refractivity contribution in [1.82, 2.24) is 14.8 Å². The van der Waals surface area contributed by atoms with E-state index in [1.165, 1.54) is 12.7 Å². The molecule has 1 saturated carbocycles. The van der Waals surface area contributed by atoms with Crippen LogP contribution in [0, 0.1) is 0 Å². The largest absolute Gasteiger partial charge is 0.369 e. The molecule has 130 valence electrons. The fraction of sp³-hybridized carbons (Fsp3) is 0.375. The third-order valence-corrected chi connectivity index (χ3v) is 5.01. The van der Waals surface area contributed by atoms with Crippen LogP contribution in [0.2, 0.25) is 5.02 Å². The molecule has 4 rings (SSSR count). The number of nitrogens with two attached hydrogens (primary N) is 2. The summed E-state index contributed by atoms with van der Waals surface area (Å²) in [5, 5.41) is 4.66. The Morgan fingerprint density at radius 1 is 1.12 bits per heavy atom. The van der Waals surface area contributed by atoms with Gasteiger partial charge >= 0.3 is 0 Å². The van der Waals surface area contributed by atoms with E-state index in [1.54, 1.807) is 11.0 Å². The molecule has 2 aliphatic rings. The molecule has 9 heteroatoms. The Balaban J connectivity index is 1.77. The Bertz CT molecular complexity index is 836. The van der Waals surface area contributed by atoms with Crippen LogP contribution in [0.3, 0.4) is 0 Å². The molecule has 1 spiro atoms. The number of aliphatic imine (C=N–C) groups is 2. The zero-order chi connectivity index (χ0) is 17.4. The summed E-state index contributed by atoms with van der Waals surface area (Å²) < 4.78 is 1.62. The molecule has 1 aliphatic carbocycles. The van der Waals surface area contributed by atoms with Crippen LogP contribution in [-0.2, 0) is 0 Å². The summed E-state index contributed by atoms with van der Waals surface area (Å²) in [6, 6.07) is 5.69. The third-order valence-electron chi connectivity index (χ3n) is 4.71. The van der Waals surface area contributed by atoms with E-state index in [9.17, 15) is 0 Å². The van der Waals surface area contributed by atoms with Crippen LogP contribution in [0.4, 0.5) is 5.69 Å². The lowest BCUT2D eigenvalue weighted by molar-refractivity contribution is 0.305. The summed E-state index contributed by atoms with van der Waals surface area (Å²) in [7, 11) is 0. The van der Waals surface area contributed by atoms with Crippen LogP contribution >= 0.6 is 11.6 Å². The molecule has 1 fully saturated rings. The van der Waals surface area contributed by atoms with Crippen LogP contribution in [0.15, 0.2) is 40.8 Å². The van der Waals surface area contributed by atoms with Crippen molar-refractivity contribution in [2.75, 3.05) is 4.90 Å². The monoisotopic (exact) mass is 358 g/mol. The fourth-order valence-corrected chi connectivity index (χ4v) is 3.91. The highest BCUT2D eigenvalue weighted by Gasteiger charge is 2.42. The first-order valence-corrected chi connectivity index (χ1v) is 8.61. The van der Waals surface area contributed by atoms with Gasteiger partial charge in [0, 0.05) is 5.69 Å². The molecule has 0 atom stereocenters. The lowest BCUT2D eigenvalue weighted by Crippen LogP contribution is -2.58. The highest BCUT2D eigenvalue weighted by molar-refractivity contribution is 6.32. The number of hydrogen-bond donors (Lipinski definition) is 2. The average molecular weight is 359 g/mol. The summed E-state index contributed by atoms with van der Waals surface area (Å²) in [6.45, 7) is 0. The zero-order valence-corrected chi connectivity index (χ0v) is 14.4. The minimum Gasteiger partial charge on any atom is -0.369 e. The maximum absolute atomic E-state index is 6.49. The molecule has 0 radical (unpaired) electrons. The average Bonchev–Trinajstić information content (AvgIpc) is 3.09. The summed E-state index contributed by atoms with van der Waals surface area (Å²) in [6.07, 6.45) is 8.17. The number of hydrogen-bond acceptors (Lipinski definition) is 7. The van der Waals surface area contributed by atoms with Crippen LogP contribution < -0.4 is 16.4 Å². The van der Waals surface area contributed by atoms with Gasteiger partial charge in [-0.3, -0.25) is 4.90 Å². The van der Waals surface area contributed by atoms with E-state index < -0.39 is 5.66 Å². The second-order valence-electron chi connectivity index (χ2n) is 6.29. The van der Waals surface area contributed by atoms with E-state index in [2.05, 4.69) is 20.1 Å². The lowest BCUT2D eigenvalue weighted by atomic mass is 9.87. The van der Waals surface area contributed by atoms with Crippen molar-refractivity contribution >= 4 is 29.2 Å². The quantitative estimate of drug-likeness (QED) is 0.853. The van der Waals surface area contributed by atoms with E-state index in [0.29, 0.717) is 11.0 Å².